The monoisotopic (exact) mass is 251 g/mol. The van der Waals surface area contributed by atoms with Crippen molar-refractivity contribution in [2.24, 2.45) is 5.41 Å². The van der Waals surface area contributed by atoms with Gasteiger partial charge in [0.05, 0.1) is 11.0 Å². The lowest BCUT2D eigenvalue weighted by Crippen LogP contribution is -2.28. The maximum absolute atomic E-state index is 11.8. The normalized spacial score (nSPS) is 11.8. The second kappa shape index (κ2) is 4.04. The van der Waals surface area contributed by atoms with Crippen molar-refractivity contribution in [3.05, 3.63) is 23.2 Å². The van der Waals surface area contributed by atoms with E-state index >= 15 is 0 Å². The van der Waals surface area contributed by atoms with Crippen molar-refractivity contribution in [2.75, 3.05) is 5.32 Å². The Kier molecular flexibility index (Phi) is 2.83. The highest BCUT2D eigenvalue weighted by molar-refractivity contribution is 6.31. The summed E-state index contributed by atoms with van der Waals surface area (Å²) < 4.78 is 0. The number of aromatic nitrogens is 2. The second-order valence-corrected chi connectivity index (χ2v) is 5.39. The van der Waals surface area contributed by atoms with Gasteiger partial charge in [-0.25, -0.2) is 4.98 Å². The average molecular weight is 252 g/mol. The van der Waals surface area contributed by atoms with Gasteiger partial charge in [-0.3, -0.25) is 10.1 Å². The second-order valence-electron chi connectivity index (χ2n) is 4.95. The first-order valence-corrected chi connectivity index (χ1v) is 5.71. The Labute approximate surface area is 104 Å². The highest BCUT2D eigenvalue weighted by atomic mass is 35.5. The van der Waals surface area contributed by atoms with Gasteiger partial charge in [0.15, 0.2) is 0 Å². The van der Waals surface area contributed by atoms with Gasteiger partial charge in [-0.1, -0.05) is 32.4 Å². The molecule has 0 bridgehead atoms. The summed E-state index contributed by atoms with van der Waals surface area (Å²) in [5, 5.41) is 3.36. The molecular weight excluding hydrogens is 238 g/mol. The smallest absolute Gasteiger partial charge is 0.232 e. The summed E-state index contributed by atoms with van der Waals surface area (Å²) >= 11 is 5.87. The number of benzene rings is 1. The summed E-state index contributed by atoms with van der Waals surface area (Å²) in [5.41, 5.74) is 1.14. The molecule has 0 atom stereocenters. The number of nitrogens with one attached hydrogen (secondary N) is 2. The molecule has 0 unspecified atom stereocenters. The number of carbonyl (C=O) groups excluding carboxylic acids is 1. The summed E-state index contributed by atoms with van der Waals surface area (Å²) in [6.07, 6.45) is 0. The first-order valence-electron chi connectivity index (χ1n) is 5.33. The van der Waals surface area contributed by atoms with Gasteiger partial charge in [0, 0.05) is 10.4 Å². The molecule has 0 saturated heterocycles. The quantitative estimate of drug-likeness (QED) is 0.818. The fraction of sp³-hybridized carbons (Fsp3) is 0.333. The van der Waals surface area contributed by atoms with Crippen LogP contribution in [0.5, 0.6) is 0 Å². The predicted molar refractivity (Wildman–Crippen MR) is 69.2 cm³/mol. The van der Waals surface area contributed by atoms with E-state index in [9.17, 15) is 4.79 Å². The van der Waals surface area contributed by atoms with E-state index in [4.69, 9.17) is 11.6 Å². The lowest BCUT2D eigenvalue weighted by atomic mass is 9.96. The van der Waals surface area contributed by atoms with Crippen molar-refractivity contribution < 1.29 is 4.79 Å². The molecule has 0 aliphatic heterocycles. The Bertz CT molecular complexity index is 569. The Morgan fingerprint density at radius 1 is 1.41 bits per heavy atom. The third-order valence-corrected chi connectivity index (χ3v) is 2.59. The van der Waals surface area contributed by atoms with Crippen molar-refractivity contribution in [1.82, 2.24) is 9.97 Å². The van der Waals surface area contributed by atoms with E-state index in [-0.39, 0.29) is 5.91 Å². The summed E-state index contributed by atoms with van der Waals surface area (Å²) in [6.45, 7) is 5.55. The van der Waals surface area contributed by atoms with Crippen LogP contribution in [0.15, 0.2) is 18.2 Å². The highest BCUT2D eigenvalue weighted by Gasteiger charge is 2.22. The molecule has 0 fully saturated rings. The zero-order valence-electron chi connectivity index (χ0n) is 9.97. The zero-order chi connectivity index (χ0) is 12.6. The van der Waals surface area contributed by atoms with Gasteiger partial charge in [0.25, 0.3) is 0 Å². The molecule has 5 heteroatoms. The van der Waals surface area contributed by atoms with Crippen molar-refractivity contribution >= 4 is 34.5 Å². The van der Waals surface area contributed by atoms with Gasteiger partial charge in [-0.05, 0) is 18.2 Å². The predicted octanol–water partition coefficient (Wildman–Crippen LogP) is 3.20. The number of amides is 1. The molecule has 0 saturated carbocycles. The topological polar surface area (TPSA) is 57.8 Å². The SMILES string of the molecule is CC(C)(C)C(=O)Nc1nc2cc(Cl)ccc2[nH]1. The molecule has 90 valence electrons. The van der Waals surface area contributed by atoms with E-state index in [1.54, 1.807) is 12.1 Å². The van der Waals surface area contributed by atoms with Crippen molar-refractivity contribution in [3.8, 4) is 0 Å². The number of imidazole rings is 1. The van der Waals surface area contributed by atoms with Crippen molar-refractivity contribution in [1.29, 1.82) is 0 Å². The molecule has 1 aromatic heterocycles. The van der Waals surface area contributed by atoms with E-state index < -0.39 is 5.41 Å². The summed E-state index contributed by atoms with van der Waals surface area (Å²) in [6, 6.07) is 5.36. The van der Waals surface area contributed by atoms with Gasteiger partial charge >= 0.3 is 0 Å². The minimum absolute atomic E-state index is 0.0809. The molecule has 1 amide bonds. The number of H-pyrrole nitrogens is 1. The van der Waals surface area contributed by atoms with Gasteiger partial charge < -0.3 is 4.98 Å². The van der Waals surface area contributed by atoms with E-state index in [0.29, 0.717) is 11.0 Å². The van der Waals surface area contributed by atoms with E-state index in [1.807, 2.05) is 26.8 Å². The molecule has 4 nitrogen and oxygen atoms in total. The number of hydrogen-bond acceptors (Lipinski definition) is 2. The van der Waals surface area contributed by atoms with Crippen LogP contribution in [0.1, 0.15) is 20.8 Å². The molecule has 17 heavy (non-hydrogen) atoms. The van der Waals surface area contributed by atoms with Crippen LogP contribution in [0.2, 0.25) is 5.02 Å². The van der Waals surface area contributed by atoms with Crippen LogP contribution in [0.25, 0.3) is 11.0 Å². The van der Waals surface area contributed by atoms with Crippen LogP contribution in [0, 0.1) is 5.41 Å². The fourth-order valence-corrected chi connectivity index (χ4v) is 1.50. The number of hydrogen-bond donors (Lipinski definition) is 2. The number of nitrogens with zero attached hydrogens (tertiary/aromatic N) is 1. The van der Waals surface area contributed by atoms with Crippen LogP contribution >= 0.6 is 11.6 Å². The molecule has 2 N–H and O–H groups in total. The number of fused-ring (bicyclic) bond motifs is 1. The number of carbonyl (C=O) groups is 1. The maximum atomic E-state index is 11.8. The number of aromatic amines is 1. The van der Waals surface area contributed by atoms with Gasteiger partial charge in [0.2, 0.25) is 11.9 Å². The van der Waals surface area contributed by atoms with E-state index in [1.165, 1.54) is 0 Å². The largest absolute Gasteiger partial charge is 0.324 e. The van der Waals surface area contributed by atoms with Crippen LogP contribution in [-0.2, 0) is 4.79 Å². The third kappa shape index (κ3) is 2.58. The first kappa shape index (κ1) is 11.9. The molecule has 1 aromatic carbocycles. The summed E-state index contributed by atoms with van der Waals surface area (Å²) in [4.78, 5) is 19.1. The standard InChI is InChI=1S/C12H14ClN3O/c1-12(2,3)10(17)16-11-14-8-5-4-7(13)6-9(8)15-11/h4-6H,1-3H3,(H2,14,15,16,17). The average Bonchev–Trinajstić information content (AvgIpc) is 2.57. The fourth-order valence-electron chi connectivity index (χ4n) is 1.33. The summed E-state index contributed by atoms with van der Waals surface area (Å²) in [5.74, 6) is 0.366. The minimum Gasteiger partial charge on any atom is -0.324 e. The lowest BCUT2D eigenvalue weighted by molar-refractivity contribution is -0.123. The maximum Gasteiger partial charge on any atom is 0.232 e. The third-order valence-electron chi connectivity index (χ3n) is 2.36. The summed E-state index contributed by atoms with van der Waals surface area (Å²) in [7, 11) is 0. The Hall–Kier alpha value is -1.55. The Morgan fingerprint density at radius 2 is 2.12 bits per heavy atom. The molecule has 0 spiro atoms. The minimum atomic E-state index is -0.448. The Balaban J connectivity index is 2.29. The molecule has 0 radical (unpaired) electrons. The van der Waals surface area contributed by atoms with Gasteiger partial charge in [0.1, 0.15) is 0 Å². The first-order chi connectivity index (χ1) is 7.86. The van der Waals surface area contributed by atoms with Gasteiger partial charge in [-0.15, -0.1) is 0 Å². The number of halogens is 1. The van der Waals surface area contributed by atoms with Gasteiger partial charge in [-0.2, -0.15) is 0 Å². The lowest BCUT2D eigenvalue weighted by Gasteiger charge is -2.15. The number of anilines is 1. The van der Waals surface area contributed by atoms with E-state index in [0.717, 1.165) is 11.0 Å². The zero-order valence-corrected chi connectivity index (χ0v) is 10.7. The van der Waals surface area contributed by atoms with E-state index in [2.05, 4.69) is 15.3 Å². The molecule has 0 aliphatic carbocycles. The van der Waals surface area contributed by atoms with Crippen LogP contribution < -0.4 is 5.32 Å². The molecule has 0 aliphatic rings. The van der Waals surface area contributed by atoms with Crippen LogP contribution in [-0.4, -0.2) is 15.9 Å². The Morgan fingerprint density at radius 3 is 2.76 bits per heavy atom. The highest BCUT2D eigenvalue weighted by Crippen LogP contribution is 2.20. The molecule has 2 rings (SSSR count). The van der Waals surface area contributed by atoms with Crippen LogP contribution in [0.3, 0.4) is 0 Å². The molecular formula is C12H14ClN3O. The molecule has 1 heterocycles. The van der Waals surface area contributed by atoms with Crippen molar-refractivity contribution in [3.63, 3.8) is 0 Å². The number of rotatable bonds is 1. The van der Waals surface area contributed by atoms with Crippen molar-refractivity contribution in [2.45, 2.75) is 20.8 Å². The molecule has 2 aromatic rings. The van der Waals surface area contributed by atoms with Crippen LogP contribution in [0.4, 0.5) is 5.95 Å².